The fourth-order valence-corrected chi connectivity index (χ4v) is 3.32. The number of alkyl halides is 1. The average molecular weight is 452 g/mol. The second-order valence-electron chi connectivity index (χ2n) is 6.19. The highest BCUT2D eigenvalue weighted by molar-refractivity contribution is 14.1. The van der Waals surface area contributed by atoms with Gasteiger partial charge in [0.15, 0.2) is 0 Å². The molecule has 1 nitrogen and oxygen atoms in total. The Kier molecular flexibility index (Phi) is 13.4. The lowest BCUT2D eigenvalue weighted by atomic mass is 10.1. The van der Waals surface area contributed by atoms with Gasteiger partial charge in [-0.05, 0) is 44.9 Å². The van der Waals surface area contributed by atoms with Gasteiger partial charge in [-0.15, -0.1) is 0 Å². The van der Waals surface area contributed by atoms with Crippen molar-refractivity contribution in [1.82, 2.24) is 0 Å². The molecule has 0 amide bonds. The van der Waals surface area contributed by atoms with Crippen molar-refractivity contribution in [3.8, 4) is 0 Å². The van der Waals surface area contributed by atoms with E-state index in [0.29, 0.717) is 10.0 Å². The lowest BCUT2D eigenvalue weighted by Crippen LogP contribution is -2.17. The summed E-state index contributed by atoms with van der Waals surface area (Å²) in [4.78, 5) is 0. The minimum absolute atomic E-state index is 0.357. The molecule has 1 saturated heterocycles. The number of halogens is 1. The third kappa shape index (κ3) is 12.0. The summed E-state index contributed by atoms with van der Waals surface area (Å²) in [6, 6.07) is 0. The zero-order valence-electron chi connectivity index (χ0n) is 15.6. The minimum atomic E-state index is 0.357. The summed E-state index contributed by atoms with van der Waals surface area (Å²) in [5.74, 6) is 0.954. The summed E-state index contributed by atoms with van der Waals surface area (Å²) in [6.45, 7) is 6.06. The van der Waals surface area contributed by atoms with Gasteiger partial charge in [0, 0.05) is 6.42 Å². The smallest absolute Gasteiger partial charge is 0.111 e. The molecule has 1 aliphatic heterocycles. The molecule has 25 heavy (non-hydrogen) atoms. The van der Waals surface area contributed by atoms with E-state index >= 15 is 0 Å². The van der Waals surface area contributed by atoms with Gasteiger partial charge in [0.05, 0.1) is 9.68 Å². The molecule has 0 N–H and O–H groups in total. The highest BCUT2D eigenvalue weighted by atomic mass is 127. The monoisotopic (exact) mass is 452 g/mol. The van der Waals surface area contributed by atoms with E-state index in [-0.39, 0.29) is 0 Å². The van der Waals surface area contributed by atoms with Gasteiger partial charge in [-0.3, -0.25) is 0 Å². The number of allylic oxidation sites excluding steroid dienone is 11. The summed E-state index contributed by atoms with van der Waals surface area (Å²) >= 11 is 2.50. The van der Waals surface area contributed by atoms with Gasteiger partial charge in [-0.25, -0.2) is 0 Å². The van der Waals surface area contributed by atoms with Crippen LogP contribution in [0.25, 0.3) is 0 Å². The molecule has 1 fully saturated rings. The van der Waals surface area contributed by atoms with E-state index in [9.17, 15) is 0 Å². The van der Waals surface area contributed by atoms with Crippen molar-refractivity contribution in [3.63, 3.8) is 0 Å². The Labute approximate surface area is 168 Å². The molecule has 0 aliphatic carbocycles. The zero-order valence-corrected chi connectivity index (χ0v) is 17.7. The van der Waals surface area contributed by atoms with Crippen molar-refractivity contribution >= 4 is 22.6 Å². The van der Waals surface area contributed by atoms with Crippen LogP contribution in [0, 0.1) is 0 Å². The van der Waals surface area contributed by atoms with Gasteiger partial charge in [-0.2, -0.15) is 0 Å². The van der Waals surface area contributed by atoms with Gasteiger partial charge < -0.3 is 4.74 Å². The maximum Gasteiger partial charge on any atom is 0.111 e. The fourth-order valence-electron chi connectivity index (χ4n) is 2.52. The molecule has 1 heterocycles. The first-order valence-corrected chi connectivity index (χ1v) is 10.7. The summed E-state index contributed by atoms with van der Waals surface area (Å²) < 4.78 is 6.28. The maximum atomic E-state index is 5.73. The van der Waals surface area contributed by atoms with E-state index in [1.54, 1.807) is 0 Å². The van der Waals surface area contributed by atoms with Crippen LogP contribution in [0.4, 0.5) is 0 Å². The second kappa shape index (κ2) is 15.2. The molecule has 0 bridgehead atoms. The van der Waals surface area contributed by atoms with Crippen LogP contribution in [0.15, 0.2) is 73.1 Å². The predicted molar refractivity (Wildman–Crippen MR) is 120 cm³/mol. The standard InChI is InChI=1S/C23H33IO/c1-3-4-5-6-7-8-9-10-11-12-13-14-15-16-17-18-22(24)23-20-19-21(2)25-23/h4-5,7-8,10-11,13-14,16-17,22-23H,2-3,6,9,12,15,18-20H2,1H3/b5-4-,8-7-,11-10-,14-13-,17-16-/t22?,23-/m0/s1. The second-order valence-corrected chi connectivity index (χ2v) is 7.79. The molecular weight excluding hydrogens is 419 g/mol. The van der Waals surface area contributed by atoms with Crippen LogP contribution >= 0.6 is 22.6 Å². The maximum absolute atomic E-state index is 5.73. The normalized spacial score (nSPS) is 20.1. The topological polar surface area (TPSA) is 9.23 Å². The summed E-state index contributed by atoms with van der Waals surface area (Å²) in [7, 11) is 0. The van der Waals surface area contributed by atoms with Gasteiger partial charge in [-0.1, -0.05) is 96.9 Å². The molecule has 2 atom stereocenters. The average Bonchev–Trinajstić information content (AvgIpc) is 3.04. The summed E-state index contributed by atoms with van der Waals surface area (Å²) in [5, 5.41) is 0. The fraction of sp³-hybridized carbons (Fsp3) is 0.478. The molecule has 2 heteroatoms. The van der Waals surface area contributed by atoms with Crippen LogP contribution in [-0.2, 0) is 4.74 Å². The van der Waals surface area contributed by atoms with Crippen LogP contribution in [0.5, 0.6) is 0 Å². The van der Waals surface area contributed by atoms with Crippen LogP contribution < -0.4 is 0 Å². The molecule has 1 rings (SSSR count). The van der Waals surface area contributed by atoms with E-state index in [4.69, 9.17) is 4.74 Å². The Morgan fingerprint density at radius 2 is 1.40 bits per heavy atom. The van der Waals surface area contributed by atoms with E-state index in [0.717, 1.165) is 57.1 Å². The van der Waals surface area contributed by atoms with Crippen molar-refractivity contribution in [3.05, 3.63) is 73.1 Å². The highest BCUT2D eigenvalue weighted by Crippen LogP contribution is 2.29. The predicted octanol–water partition coefficient (Wildman–Crippen LogP) is 7.62. The third-order valence-electron chi connectivity index (χ3n) is 3.95. The Morgan fingerprint density at radius 1 is 0.920 bits per heavy atom. The molecular formula is C23H33IO. The van der Waals surface area contributed by atoms with Crippen LogP contribution in [-0.4, -0.2) is 10.0 Å². The van der Waals surface area contributed by atoms with E-state index in [2.05, 4.69) is 96.9 Å². The molecule has 1 unspecified atom stereocenters. The van der Waals surface area contributed by atoms with Crippen molar-refractivity contribution < 1.29 is 4.74 Å². The Bertz CT molecular complexity index is 496. The van der Waals surface area contributed by atoms with Crippen LogP contribution in [0.1, 0.15) is 58.3 Å². The minimum Gasteiger partial charge on any atom is -0.494 e. The quantitative estimate of drug-likeness (QED) is 0.168. The first-order chi connectivity index (χ1) is 12.2. The number of hydrogen-bond donors (Lipinski definition) is 0. The number of rotatable bonds is 12. The summed E-state index contributed by atoms with van der Waals surface area (Å²) in [5.41, 5.74) is 0. The van der Waals surface area contributed by atoms with Gasteiger partial charge >= 0.3 is 0 Å². The van der Waals surface area contributed by atoms with Gasteiger partial charge in [0.25, 0.3) is 0 Å². The zero-order chi connectivity index (χ0) is 18.2. The summed E-state index contributed by atoms with van der Waals surface area (Å²) in [6.07, 6.45) is 31.2. The third-order valence-corrected chi connectivity index (χ3v) is 5.26. The molecule has 0 aromatic heterocycles. The molecule has 1 aliphatic rings. The van der Waals surface area contributed by atoms with Gasteiger partial charge in [0.1, 0.15) is 6.10 Å². The number of ether oxygens (including phenoxy) is 1. The Balaban J connectivity index is 2.01. The first-order valence-electron chi connectivity index (χ1n) is 9.47. The van der Waals surface area contributed by atoms with E-state index in [1.807, 2.05) is 0 Å². The molecule has 138 valence electrons. The molecule has 0 aromatic carbocycles. The van der Waals surface area contributed by atoms with Crippen molar-refractivity contribution in [1.29, 1.82) is 0 Å². The van der Waals surface area contributed by atoms with Crippen molar-refractivity contribution in [2.24, 2.45) is 0 Å². The number of hydrogen-bond acceptors (Lipinski definition) is 1. The largest absolute Gasteiger partial charge is 0.494 e. The molecule has 0 spiro atoms. The van der Waals surface area contributed by atoms with Crippen LogP contribution in [0.3, 0.4) is 0 Å². The Hall–Kier alpha value is -1.03. The SMILES string of the molecule is C=C1CC[C@@H](C(I)C/C=C\C/C=C\C/C=C\C/C=C\C/C=C\CC)O1. The van der Waals surface area contributed by atoms with Gasteiger partial charge in [0.2, 0.25) is 0 Å². The van der Waals surface area contributed by atoms with E-state index in [1.165, 1.54) is 0 Å². The van der Waals surface area contributed by atoms with E-state index < -0.39 is 0 Å². The first kappa shape index (κ1) is 22.0. The Morgan fingerprint density at radius 3 is 1.84 bits per heavy atom. The highest BCUT2D eigenvalue weighted by Gasteiger charge is 2.25. The molecule has 0 radical (unpaired) electrons. The van der Waals surface area contributed by atoms with Crippen molar-refractivity contribution in [2.75, 3.05) is 0 Å². The van der Waals surface area contributed by atoms with Crippen molar-refractivity contribution in [2.45, 2.75) is 68.3 Å². The van der Waals surface area contributed by atoms with Crippen LogP contribution in [0.2, 0.25) is 0 Å². The lowest BCUT2D eigenvalue weighted by Gasteiger charge is -2.15. The lowest BCUT2D eigenvalue weighted by molar-refractivity contribution is 0.163. The molecule has 0 saturated carbocycles. The molecule has 0 aromatic rings.